The molecule has 29 heavy (non-hydrogen) atoms. The van der Waals surface area contributed by atoms with E-state index in [0.29, 0.717) is 11.3 Å². The molecule has 0 amide bonds. The number of benzene rings is 1. The van der Waals surface area contributed by atoms with Crippen LogP contribution in [0, 0.1) is 13.8 Å². The average molecular weight is 409 g/mol. The van der Waals surface area contributed by atoms with Gasteiger partial charge in [-0.3, -0.25) is 4.79 Å². The zero-order valence-corrected chi connectivity index (χ0v) is 16.4. The Balaban J connectivity index is 2.12. The van der Waals surface area contributed by atoms with Gasteiger partial charge >= 0.3 is 18.6 Å². The predicted octanol–water partition coefficient (Wildman–Crippen LogP) is 3.84. The molecule has 1 atom stereocenters. The molecule has 2 rings (SSSR count). The zero-order chi connectivity index (χ0) is 21.7. The number of aromatic amines is 1. The molecule has 7 nitrogen and oxygen atoms in total. The first-order valence-electron chi connectivity index (χ1n) is 8.82. The molecule has 1 heterocycles. The quantitative estimate of drug-likeness (QED) is 0.526. The predicted molar refractivity (Wildman–Crippen MR) is 98.5 cm³/mol. The SMILES string of the molecule is CCOC(=O)c1c(C)[nH]c(C(=O)[C@H](C)OC(=O)c2ccc(OC(F)F)cc2)c1C. The van der Waals surface area contributed by atoms with Crippen LogP contribution in [0.15, 0.2) is 24.3 Å². The van der Waals surface area contributed by atoms with Gasteiger partial charge < -0.3 is 19.2 Å². The molecule has 0 bridgehead atoms. The van der Waals surface area contributed by atoms with Crippen LogP contribution in [-0.2, 0) is 9.47 Å². The van der Waals surface area contributed by atoms with Crippen molar-refractivity contribution < 1.29 is 37.4 Å². The number of hydrogen-bond acceptors (Lipinski definition) is 6. The maximum atomic E-state index is 12.7. The Morgan fingerprint density at radius 1 is 1.07 bits per heavy atom. The average Bonchev–Trinajstić information content (AvgIpc) is 2.95. The van der Waals surface area contributed by atoms with E-state index in [0.717, 1.165) is 0 Å². The van der Waals surface area contributed by atoms with E-state index in [1.54, 1.807) is 20.8 Å². The molecule has 2 aromatic rings. The summed E-state index contributed by atoms with van der Waals surface area (Å²) in [4.78, 5) is 39.8. The highest BCUT2D eigenvalue weighted by Gasteiger charge is 2.27. The van der Waals surface area contributed by atoms with Gasteiger partial charge in [-0.1, -0.05) is 0 Å². The molecule has 0 aliphatic heterocycles. The van der Waals surface area contributed by atoms with Crippen molar-refractivity contribution in [3.63, 3.8) is 0 Å². The summed E-state index contributed by atoms with van der Waals surface area (Å²) >= 11 is 0. The fourth-order valence-corrected chi connectivity index (χ4v) is 2.76. The number of carbonyl (C=O) groups is 3. The molecule has 0 aliphatic carbocycles. The maximum absolute atomic E-state index is 12.7. The van der Waals surface area contributed by atoms with E-state index in [1.165, 1.54) is 31.2 Å². The van der Waals surface area contributed by atoms with Crippen molar-refractivity contribution in [2.75, 3.05) is 6.61 Å². The number of aryl methyl sites for hydroxylation is 1. The minimum atomic E-state index is -2.97. The lowest BCUT2D eigenvalue weighted by atomic mass is 10.1. The molecule has 0 saturated carbocycles. The fraction of sp³-hybridized carbons (Fsp3) is 0.350. The van der Waals surface area contributed by atoms with Crippen molar-refractivity contribution in [1.82, 2.24) is 4.98 Å². The summed E-state index contributed by atoms with van der Waals surface area (Å²) in [7, 11) is 0. The van der Waals surface area contributed by atoms with Gasteiger partial charge in [0.1, 0.15) is 5.75 Å². The number of esters is 2. The lowest BCUT2D eigenvalue weighted by molar-refractivity contribution is -0.0498. The Morgan fingerprint density at radius 3 is 2.24 bits per heavy atom. The van der Waals surface area contributed by atoms with Gasteiger partial charge in [0.15, 0.2) is 6.10 Å². The summed E-state index contributed by atoms with van der Waals surface area (Å²) in [6, 6.07) is 4.89. The first-order chi connectivity index (χ1) is 13.6. The van der Waals surface area contributed by atoms with E-state index >= 15 is 0 Å². The number of alkyl halides is 2. The van der Waals surface area contributed by atoms with Crippen LogP contribution in [0.5, 0.6) is 5.75 Å². The molecule has 156 valence electrons. The Morgan fingerprint density at radius 2 is 1.69 bits per heavy atom. The molecular weight excluding hydrogens is 388 g/mol. The first-order valence-corrected chi connectivity index (χ1v) is 8.82. The molecule has 0 aliphatic rings. The highest BCUT2D eigenvalue weighted by molar-refractivity contribution is 6.04. The van der Waals surface area contributed by atoms with Crippen molar-refractivity contribution in [2.45, 2.75) is 40.4 Å². The van der Waals surface area contributed by atoms with Crippen LogP contribution in [-0.4, -0.2) is 42.0 Å². The Kier molecular flexibility index (Phi) is 7.08. The number of carbonyl (C=O) groups excluding carboxylic acids is 3. The normalized spacial score (nSPS) is 11.8. The van der Waals surface area contributed by atoms with Crippen LogP contribution in [0.3, 0.4) is 0 Å². The van der Waals surface area contributed by atoms with Gasteiger partial charge in [-0.05, 0) is 57.5 Å². The number of H-pyrrole nitrogens is 1. The summed E-state index contributed by atoms with van der Waals surface area (Å²) in [5.41, 5.74) is 1.35. The molecule has 0 saturated heterocycles. The first kappa shape index (κ1) is 22.1. The standard InChI is InChI=1S/C20H21F2NO6/c1-5-27-19(26)15-10(2)16(23-11(15)3)17(24)12(4)28-18(25)13-6-8-14(9-7-13)29-20(21)22/h6-9,12,20,23H,5H2,1-4H3/t12-/m0/s1. The van der Waals surface area contributed by atoms with Crippen molar-refractivity contribution in [3.8, 4) is 5.75 Å². The van der Waals surface area contributed by atoms with Crippen molar-refractivity contribution in [2.24, 2.45) is 0 Å². The summed E-state index contributed by atoms with van der Waals surface area (Å²) < 4.78 is 38.7. The van der Waals surface area contributed by atoms with Gasteiger partial charge in [0.25, 0.3) is 0 Å². The summed E-state index contributed by atoms with van der Waals surface area (Å²) in [5, 5.41) is 0. The van der Waals surface area contributed by atoms with Crippen LogP contribution < -0.4 is 4.74 Å². The number of halogens is 2. The third-order valence-electron chi connectivity index (χ3n) is 4.13. The van der Waals surface area contributed by atoms with Crippen molar-refractivity contribution >= 4 is 17.7 Å². The molecule has 0 spiro atoms. The number of hydrogen-bond donors (Lipinski definition) is 1. The number of nitrogens with one attached hydrogen (secondary N) is 1. The van der Waals surface area contributed by atoms with Gasteiger partial charge in [0, 0.05) is 5.69 Å². The molecule has 0 unspecified atom stereocenters. The molecule has 9 heteroatoms. The summed E-state index contributed by atoms with van der Waals surface area (Å²) in [6.07, 6.45) is -1.15. The number of ether oxygens (including phenoxy) is 3. The molecule has 1 aromatic heterocycles. The Bertz CT molecular complexity index is 904. The van der Waals surface area contributed by atoms with Crippen molar-refractivity contribution in [3.05, 3.63) is 52.3 Å². The van der Waals surface area contributed by atoms with Gasteiger partial charge in [-0.15, -0.1) is 0 Å². The molecule has 1 aromatic carbocycles. The largest absolute Gasteiger partial charge is 0.462 e. The lowest BCUT2D eigenvalue weighted by Crippen LogP contribution is -2.25. The zero-order valence-electron chi connectivity index (χ0n) is 16.4. The Labute approximate surface area is 166 Å². The van der Waals surface area contributed by atoms with Crippen LogP contribution in [0.4, 0.5) is 8.78 Å². The van der Waals surface area contributed by atoms with Gasteiger partial charge in [-0.2, -0.15) is 8.78 Å². The summed E-state index contributed by atoms with van der Waals surface area (Å²) in [6.45, 7) is 3.52. The van der Waals surface area contributed by atoms with E-state index in [2.05, 4.69) is 9.72 Å². The highest BCUT2D eigenvalue weighted by Crippen LogP contribution is 2.22. The van der Waals surface area contributed by atoms with E-state index in [-0.39, 0.29) is 29.2 Å². The molecule has 1 N–H and O–H groups in total. The van der Waals surface area contributed by atoms with E-state index in [4.69, 9.17) is 9.47 Å². The third-order valence-corrected chi connectivity index (χ3v) is 4.13. The van der Waals surface area contributed by atoms with Crippen LogP contribution in [0.2, 0.25) is 0 Å². The lowest BCUT2D eigenvalue weighted by Gasteiger charge is -2.12. The third kappa shape index (κ3) is 5.18. The van der Waals surface area contributed by atoms with E-state index in [1.807, 2.05) is 0 Å². The molecular formula is C20H21F2NO6. The monoisotopic (exact) mass is 409 g/mol. The van der Waals surface area contributed by atoms with Crippen LogP contribution >= 0.6 is 0 Å². The molecule has 0 fully saturated rings. The highest BCUT2D eigenvalue weighted by atomic mass is 19.3. The van der Waals surface area contributed by atoms with Crippen LogP contribution in [0.25, 0.3) is 0 Å². The molecule has 0 radical (unpaired) electrons. The second-order valence-electron chi connectivity index (χ2n) is 6.16. The summed E-state index contributed by atoms with van der Waals surface area (Å²) in [5.74, 6) is -1.98. The minimum absolute atomic E-state index is 0.0675. The maximum Gasteiger partial charge on any atom is 0.387 e. The number of rotatable bonds is 8. The second-order valence-corrected chi connectivity index (χ2v) is 6.16. The van der Waals surface area contributed by atoms with Crippen molar-refractivity contribution in [1.29, 1.82) is 0 Å². The van der Waals surface area contributed by atoms with Gasteiger partial charge in [0.2, 0.25) is 5.78 Å². The van der Waals surface area contributed by atoms with Gasteiger partial charge in [-0.25, -0.2) is 9.59 Å². The van der Waals surface area contributed by atoms with Crippen LogP contribution in [0.1, 0.15) is 56.3 Å². The minimum Gasteiger partial charge on any atom is -0.462 e. The topological polar surface area (TPSA) is 94.7 Å². The van der Waals surface area contributed by atoms with E-state index < -0.39 is 30.4 Å². The van der Waals surface area contributed by atoms with E-state index in [9.17, 15) is 23.2 Å². The Hall–Kier alpha value is -3.23. The number of aromatic nitrogens is 1. The number of Topliss-reactive ketones (excluding diaryl/α,β-unsaturated/α-hetero) is 1. The fourth-order valence-electron chi connectivity index (χ4n) is 2.76. The smallest absolute Gasteiger partial charge is 0.387 e. The van der Waals surface area contributed by atoms with Gasteiger partial charge in [0.05, 0.1) is 23.4 Å². The number of ketones is 1. The second kappa shape index (κ2) is 9.31.